The molecule has 1 saturated heterocycles. The summed E-state index contributed by atoms with van der Waals surface area (Å²) in [5, 5.41) is 5.26. The third-order valence-electron chi connectivity index (χ3n) is 4.42. The number of nitrogens with zero attached hydrogens (tertiary/aromatic N) is 1. The van der Waals surface area contributed by atoms with Gasteiger partial charge in [-0.15, -0.1) is 0 Å². The van der Waals surface area contributed by atoms with Crippen molar-refractivity contribution in [3.05, 3.63) is 28.8 Å². The normalized spacial score (nSPS) is 19.3. The Balaban J connectivity index is 2.45. The maximum atomic E-state index is 12.9. The fourth-order valence-electron chi connectivity index (χ4n) is 3.22. The Morgan fingerprint density at radius 3 is 2.55 bits per heavy atom. The first-order chi connectivity index (χ1) is 10.3. The number of benzene rings is 1. The molecule has 0 spiro atoms. The molecular weight excluding hydrogens is 300 g/mol. The average molecular weight is 324 g/mol. The van der Waals surface area contributed by atoms with E-state index in [1.54, 1.807) is 13.0 Å². The van der Waals surface area contributed by atoms with Crippen molar-refractivity contribution in [1.29, 1.82) is 0 Å². The highest BCUT2D eigenvalue weighted by atomic mass is 32.2. The maximum Gasteiger partial charge on any atom is 0.254 e. The number of sulfonamides is 1. The van der Waals surface area contributed by atoms with Gasteiger partial charge in [-0.1, -0.05) is 13.0 Å². The predicted molar refractivity (Wildman–Crippen MR) is 86.3 cm³/mol. The van der Waals surface area contributed by atoms with E-state index in [9.17, 15) is 13.2 Å². The number of aryl methyl sites for hydroxylation is 2. The molecule has 1 aromatic rings. The molecule has 5 nitrogen and oxygen atoms in total. The molecule has 1 atom stereocenters. The molecule has 0 aliphatic carbocycles. The molecule has 1 fully saturated rings. The first-order valence-electron chi connectivity index (χ1n) is 7.70. The number of piperidine rings is 1. The van der Waals surface area contributed by atoms with Gasteiger partial charge in [0.1, 0.15) is 0 Å². The molecule has 0 aromatic heterocycles. The van der Waals surface area contributed by atoms with Crippen molar-refractivity contribution >= 4 is 15.9 Å². The molecule has 0 radical (unpaired) electrons. The number of primary sulfonamides is 1. The van der Waals surface area contributed by atoms with Crippen LogP contribution in [-0.4, -0.2) is 31.8 Å². The van der Waals surface area contributed by atoms with Crippen LogP contribution in [0.4, 0.5) is 0 Å². The van der Waals surface area contributed by atoms with Crippen molar-refractivity contribution in [3.63, 3.8) is 0 Å². The van der Waals surface area contributed by atoms with Gasteiger partial charge in [0.25, 0.3) is 5.91 Å². The highest BCUT2D eigenvalue weighted by molar-refractivity contribution is 7.89. The maximum absolute atomic E-state index is 12.9. The van der Waals surface area contributed by atoms with Crippen LogP contribution >= 0.6 is 0 Å². The summed E-state index contributed by atoms with van der Waals surface area (Å²) in [5.41, 5.74) is 1.80. The second kappa shape index (κ2) is 6.38. The third-order valence-corrected chi connectivity index (χ3v) is 5.47. The smallest absolute Gasteiger partial charge is 0.254 e. The van der Waals surface area contributed by atoms with E-state index in [4.69, 9.17) is 5.14 Å². The third kappa shape index (κ3) is 3.33. The Morgan fingerprint density at radius 2 is 1.95 bits per heavy atom. The molecule has 0 unspecified atom stereocenters. The van der Waals surface area contributed by atoms with E-state index >= 15 is 0 Å². The number of nitrogens with two attached hydrogens (primary N) is 1. The lowest BCUT2D eigenvalue weighted by molar-refractivity contribution is 0.0607. The summed E-state index contributed by atoms with van der Waals surface area (Å²) in [7, 11) is -3.83. The van der Waals surface area contributed by atoms with Crippen LogP contribution in [0.1, 0.15) is 54.1 Å². The van der Waals surface area contributed by atoms with E-state index in [0.29, 0.717) is 11.1 Å². The van der Waals surface area contributed by atoms with Gasteiger partial charge in [0.2, 0.25) is 10.0 Å². The molecule has 0 saturated carbocycles. The fourth-order valence-corrected chi connectivity index (χ4v) is 4.01. The van der Waals surface area contributed by atoms with Gasteiger partial charge in [0.05, 0.1) is 4.90 Å². The van der Waals surface area contributed by atoms with E-state index in [1.165, 1.54) is 6.07 Å². The van der Waals surface area contributed by atoms with E-state index in [0.717, 1.165) is 37.8 Å². The first-order valence-corrected chi connectivity index (χ1v) is 9.25. The molecule has 1 aromatic carbocycles. The number of hydrogen-bond donors (Lipinski definition) is 1. The highest BCUT2D eigenvalue weighted by Gasteiger charge is 2.28. The number of amides is 1. The molecule has 1 amide bonds. The average Bonchev–Trinajstić information content (AvgIpc) is 2.45. The highest BCUT2D eigenvalue weighted by Crippen LogP contribution is 2.25. The van der Waals surface area contributed by atoms with E-state index in [-0.39, 0.29) is 16.8 Å². The molecular formula is C16H24N2O3S. The second-order valence-corrected chi connectivity index (χ2v) is 7.56. The zero-order valence-corrected chi connectivity index (χ0v) is 14.2. The summed E-state index contributed by atoms with van der Waals surface area (Å²) in [6.07, 6.45) is 4.06. The van der Waals surface area contributed by atoms with E-state index in [2.05, 4.69) is 6.92 Å². The molecule has 122 valence electrons. The van der Waals surface area contributed by atoms with Crippen LogP contribution in [0.25, 0.3) is 0 Å². The summed E-state index contributed by atoms with van der Waals surface area (Å²) in [5.74, 6) is -0.0889. The molecule has 1 aliphatic heterocycles. The molecule has 1 heterocycles. The van der Waals surface area contributed by atoms with E-state index < -0.39 is 10.0 Å². The van der Waals surface area contributed by atoms with Crippen LogP contribution < -0.4 is 5.14 Å². The summed E-state index contributed by atoms with van der Waals surface area (Å²) in [6, 6.07) is 3.39. The van der Waals surface area contributed by atoms with Gasteiger partial charge < -0.3 is 4.90 Å². The van der Waals surface area contributed by atoms with Gasteiger partial charge in [-0.2, -0.15) is 0 Å². The summed E-state index contributed by atoms with van der Waals surface area (Å²) < 4.78 is 23.4. The topological polar surface area (TPSA) is 80.5 Å². The number of carbonyl (C=O) groups excluding carboxylic acids is 1. The lowest BCUT2D eigenvalue weighted by atomic mass is 9.97. The SMILES string of the molecule is CC[C@H]1CCCCN1C(=O)c1cc(S(N)(=O)=O)c(C)cc1C. The van der Waals surface area contributed by atoms with Gasteiger partial charge in [-0.3, -0.25) is 4.79 Å². The van der Waals surface area contributed by atoms with Gasteiger partial charge >= 0.3 is 0 Å². The van der Waals surface area contributed by atoms with Crippen LogP contribution in [0, 0.1) is 13.8 Å². The van der Waals surface area contributed by atoms with Gasteiger partial charge in [-0.05, 0) is 56.7 Å². The minimum absolute atomic E-state index is 0.0338. The molecule has 22 heavy (non-hydrogen) atoms. The Hall–Kier alpha value is -1.40. The predicted octanol–water partition coefficient (Wildman–Crippen LogP) is 2.36. The fraction of sp³-hybridized carbons (Fsp3) is 0.562. The zero-order valence-electron chi connectivity index (χ0n) is 13.4. The van der Waals surface area contributed by atoms with Gasteiger partial charge in [0.15, 0.2) is 0 Å². The monoisotopic (exact) mass is 324 g/mol. The van der Waals surface area contributed by atoms with Crippen molar-refractivity contribution in [2.24, 2.45) is 5.14 Å². The largest absolute Gasteiger partial charge is 0.336 e. The van der Waals surface area contributed by atoms with Crippen molar-refractivity contribution in [2.45, 2.75) is 57.4 Å². The molecule has 2 N–H and O–H groups in total. The first kappa shape index (κ1) is 17.0. The molecule has 6 heteroatoms. The Bertz CT molecular complexity index is 683. The minimum Gasteiger partial charge on any atom is -0.336 e. The number of hydrogen-bond acceptors (Lipinski definition) is 3. The van der Waals surface area contributed by atoms with Crippen LogP contribution in [0.3, 0.4) is 0 Å². The van der Waals surface area contributed by atoms with Gasteiger partial charge in [0, 0.05) is 18.2 Å². The lowest BCUT2D eigenvalue weighted by Gasteiger charge is -2.35. The summed E-state index contributed by atoms with van der Waals surface area (Å²) in [4.78, 5) is 14.8. The van der Waals surface area contributed by atoms with Crippen LogP contribution in [-0.2, 0) is 10.0 Å². The van der Waals surface area contributed by atoms with Crippen molar-refractivity contribution in [1.82, 2.24) is 4.90 Å². The van der Waals surface area contributed by atoms with Gasteiger partial charge in [-0.25, -0.2) is 13.6 Å². The zero-order chi connectivity index (χ0) is 16.5. The van der Waals surface area contributed by atoms with Crippen LogP contribution in [0.2, 0.25) is 0 Å². The van der Waals surface area contributed by atoms with Crippen LogP contribution in [0.15, 0.2) is 17.0 Å². The number of carbonyl (C=O) groups is 1. The van der Waals surface area contributed by atoms with Crippen molar-refractivity contribution in [3.8, 4) is 0 Å². The molecule has 0 bridgehead atoms. The molecule has 1 aliphatic rings. The quantitative estimate of drug-likeness (QED) is 0.926. The Kier molecular flexibility index (Phi) is 4.92. The second-order valence-electron chi connectivity index (χ2n) is 6.03. The van der Waals surface area contributed by atoms with Crippen molar-refractivity contribution < 1.29 is 13.2 Å². The Morgan fingerprint density at radius 1 is 1.27 bits per heavy atom. The van der Waals surface area contributed by atoms with Crippen LogP contribution in [0.5, 0.6) is 0 Å². The summed E-state index contributed by atoms with van der Waals surface area (Å²) in [6.45, 7) is 6.33. The standard InChI is InChI=1S/C16H24N2O3S/c1-4-13-7-5-6-8-18(13)16(19)14-10-15(22(17,20)21)12(3)9-11(14)2/h9-10,13H,4-8H2,1-3H3,(H2,17,20,21)/t13-/m0/s1. The number of rotatable bonds is 3. The lowest BCUT2D eigenvalue weighted by Crippen LogP contribution is -2.43. The minimum atomic E-state index is -3.83. The number of likely N-dealkylation sites (tertiary alicyclic amines) is 1. The van der Waals surface area contributed by atoms with E-state index in [1.807, 2.05) is 11.8 Å². The molecule has 2 rings (SSSR count). The Labute approximate surface area is 132 Å². The summed E-state index contributed by atoms with van der Waals surface area (Å²) >= 11 is 0. The van der Waals surface area contributed by atoms with Crippen molar-refractivity contribution in [2.75, 3.05) is 6.54 Å².